The van der Waals surface area contributed by atoms with Crippen LogP contribution in [-0.4, -0.2) is 54.8 Å². The number of aliphatic hydroxyl groups excluding tert-OH is 1. The fraction of sp³-hybridized carbons (Fsp3) is 0.405. The zero-order valence-electron chi connectivity index (χ0n) is 28.9. The zero-order valence-corrected chi connectivity index (χ0v) is 28.9. The normalized spacial score (nSPS) is 10.7. The number of aliphatic hydroxyl groups is 1. The SMILES string of the molecule is CCCCCCOC(=O)NC(=N)c1ccc(NC(=O)c2cc(C)ccc2NCc2cc(CO)cc(OC(C)C)c2OCC(=O)OCC)cc1. The van der Waals surface area contributed by atoms with Crippen LogP contribution >= 0.6 is 0 Å². The summed E-state index contributed by atoms with van der Waals surface area (Å²) >= 11 is 0. The fourth-order valence-electron chi connectivity index (χ4n) is 4.80. The van der Waals surface area contributed by atoms with Gasteiger partial charge in [-0.25, -0.2) is 9.59 Å². The molecule has 0 heterocycles. The van der Waals surface area contributed by atoms with Gasteiger partial charge in [-0.2, -0.15) is 0 Å². The minimum atomic E-state index is -0.678. The van der Waals surface area contributed by atoms with Gasteiger partial charge in [0.1, 0.15) is 5.84 Å². The third-order valence-electron chi connectivity index (χ3n) is 7.16. The predicted octanol–water partition coefficient (Wildman–Crippen LogP) is 6.71. The third kappa shape index (κ3) is 12.5. The molecule has 264 valence electrons. The molecule has 0 unspecified atom stereocenters. The molecule has 3 rings (SSSR count). The number of nitrogens with one attached hydrogen (secondary N) is 4. The summed E-state index contributed by atoms with van der Waals surface area (Å²) in [7, 11) is 0. The van der Waals surface area contributed by atoms with Gasteiger partial charge in [0.25, 0.3) is 5.91 Å². The summed E-state index contributed by atoms with van der Waals surface area (Å²) in [5.74, 6) is -0.317. The van der Waals surface area contributed by atoms with Crippen molar-refractivity contribution in [3.05, 3.63) is 82.4 Å². The molecule has 5 N–H and O–H groups in total. The molecule has 49 heavy (non-hydrogen) atoms. The second-order valence-corrected chi connectivity index (χ2v) is 11.6. The van der Waals surface area contributed by atoms with Gasteiger partial charge in [0, 0.05) is 29.0 Å². The number of unbranched alkanes of at least 4 members (excludes halogenated alkanes) is 3. The number of amidine groups is 1. The van der Waals surface area contributed by atoms with Crippen molar-refractivity contribution >= 4 is 35.2 Å². The van der Waals surface area contributed by atoms with Gasteiger partial charge in [0.15, 0.2) is 18.1 Å². The second-order valence-electron chi connectivity index (χ2n) is 11.6. The number of anilines is 2. The third-order valence-corrected chi connectivity index (χ3v) is 7.16. The van der Waals surface area contributed by atoms with Crippen LogP contribution in [0.1, 0.15) is 86.0 Å². The van der Waals surface area contributed by atoms with Crippen LogP contribution in [0.3, 0.4) is 0 Å². The molecule has 0 atom stereocenters. The Labute approximate surface area is 288 Å². The Morgan fingerprint density at radius 1 is 0.939 bits per heavy atom. The van der Waals surface area contributed by atoms with Gasteiger partial charge in [-0.3, -0.25) is 15.5 Å². The lowest BCUT2D eigenvalue weighted by Gasteiger charge is -2.20. The lowest BCUT2D eigenvalue weighted by molar-refractivity contribution is -0.145. The van der Waals surface area contributed by atoms with E-state index >= 15 is 0 Å². The summed E-state index contributed by atoms with van der Waals surface area (Å²) in [6.07, 6.45) is 3.04. The van der Waals surface area contributed by atoms with Crippen molar-refractivity contribution in [3.8, 4) is 11.5 Å². The minimum absolute atomic E-state index is 0.112. The van der Waals surface area contributed by atoms with Crippen molar-refractivity contribution in [2.24, 2.45) is 0 Å². The predicted molar refractivity (Wildman–Crippen MR) is 189 cm³/mol. The Kier molecular flexibility index (Phi) is 15.4. The summed E-state index contributed by atoms with van der Waals surface area (Å²) < 4.78 is 22.0. The molecule has 0 bridgehead atoms. The summed E-state index contributed by atoms with van der Waals surface area (Å²) in [5, 5.41) is 26.8. The maximum Gasteiger partial charge on any atom is 0.412 e. The Hall–Kier alpha value is -5.10. The molecule has 3 aromatic rings. The van der Waals surface area contributed by atoms with Crippen molar-refractivity contribution in [2.45, 2.75) is 79.6 Å². The number of rotatable bonds is 18. The van der Waals surface area contributed by atoms with E-state index in [-0.39, 0.29) is 44.2 Å². The quantitative estimate of drug-likeness (QED) is 0.0425. The summed E-state index contributed by atoms with van der Waals surface area (Å²) in [6, 6.07) is 15.4. The van der Waals surface area contributed by atoms with E-state index in [9.17, 15) is 19.5 Å². The molecule has 12 nitrogen and oxygen atoms in total. The number of aryl methyl sites for hydroxylation is 1. The molecule has 0 aromatic heterocycles. The van der Waals surface area contributed by atoms with Crippen LogP contribution in [0.5, 0.6) is 11.5 Å². The summed E-state index contributed by atoms with van der Waals surface area (Å²) in [4.78, 5) is 37.7. The highest BCUT2D eigenvalue weighted by Gasteiger charge is 2.19. The summed E-state index contributed by atoms with van der Waals surface area (Å²) in [6.45, 7) is 9.53. The Balaban J connectivity index is 1.74. The first-order chi connectivity index (χ1) is 23.5. The lowest BCUT2D eigenvalue weighted by Crippen LogP contribution is -2.31. The lowest BCUT2D eigenvalue weighted by atomic mass is 10.1. The van der Waals surface area contributed by atoms with E-state index in [0.717, 1.165) is 31.2 Å². The molecule has 3 aromatic carbocycles. The van der Waals surface area contributed by atoms with E-state index in [2.05, 4.69) is 22.9 Å². The monoisotopic (exact) mass is 676 g/mol. The highest BCUT2D eigenvalue weighted by molar-refractivity contribution is 6.09. The average Bonchev–Trinajstić information content (AvgIpc) is 3.07. The van der Waals surface area contributed by atoms with Crippen LogP contribution in [0, 0.1) is 12.3 Å². The summed E-state index contributed by atoms with van der Waals surface area (Å²) in [5.41, 5.74) is 3.92. The molecular weight excluding hydrogens is 628 g/mol. The molecular formula is C37H48N4O8. The van der Waals surface area contributed by atoms with E-state index in [0.29, 0.717) is 51.7 Å². The number of carbonyl (C=O) groups excluding carboxylic acids is 3. The first-order valence-electron chi connectivity index (χ1n) is 16.5. The maximum atomic E-state index is 13.5. The molecule has 0 saturated heterocycles. The van der Waals surface area contributed by atoms with Crippen molar-refractivity contribution in [1.29, 1.82) is 5.41 Å². The van der Waals surface area contributed by atoms with Crippen LogP contribution in [0.4, 0.5) is 16.2 Å². The zero-order chi connectivity index (χ0) is 35.8. The van der Waals surface area contributed by atoms with Crippen LogP contribution in [0.15, 0.2) is 54.6 Å². The van der Waals surface area contributed by atoms with E-state index in [4.69, 9.17) is 24.4 Å². The number of hydrogen-bond donors (Lipinski definition) is 5. The molecule has 0 saturated carbocycles. The van der Waals surface area contributed by atoms with Gasteiger partial charge in [0.05, 0.1) is 31.5 Å². The highest BCUT2D eigenvalue weighted by Crippen LogP contribution is 2.35. The Bertz CT molecular complexity index is 1570. The molecule has 0 aliphatic heterocycles. The first kappa shape index (κ1) is 38.3. The second kappa shape index (κ2) is 19.7. The highest BCUT2D eigenvalue weighted by atomic mass is 16.6. The molecule has 2 amide bonds. The van der Waals surface area contributed by atoms with Crippen LogP contribution in [0.2, 0.25) is 0 Å². The molecule has 0 radical (unpaired) electrons. The molecule has 12 heteroatoms. The van der Waals surface area contributed by atoms with Crippen molar-refractivity contribution in [2.75, 3.05) is 30.5 Å². The van der Waals surface area contributed by atoms with Gasteiger partial charge in [-0.05, 0) is 88.2 Å². The van der Waals surface area contributed by atoms with Crippen molar-refractivity contribution < 1.29 is 38.4 Å². The van der Waals surface area contributed by atoms with Crippen LogP contribution in [0.25, 0.3) is 0 Å². The standard InChI is InChI=1S/C37H48N4O8/c1-6-8-9-10-17-47-37(45)41-35(38)27-12-14-29(15-13-27)40-36(44)30-18-25(5)11-16-31(30)39-21-28-19-26(22-42)20-32(49-24(3)4)34(28)48-23-33(43)46-7-2/h11-16,18-20,24,39,42H,6-10,17,21-23H2,1-5H3,(H,40,44)(H2,38,41,45). The molecule has 0 fully saturated rings. The number of alkyl carbamates (subject to hydrolysis) is 1. The minimum Gasteiger partial charge on any atom is -0.487 e. The largest absolute Gasteiger partial charge is 0.487 e. The van der Waals surface area contributed by atoms with Crippen LogP contribution in [-0.2, 0) is 27.4 Å². The van der Waals surface area contributed by atoms with E-state index in [1.54, 1.807) is 55.5 Å². The maximum absolute atomic E-state index is 13.5. The number of ether oxygens (including phenoxy) is 4. The number of hydrogen-bond acceptors (Lipinski definition) is 10. The fourth-order valence-corrected chi connectivity index (χ4v) is 4.80. The number of esters is 1. The smallest absolute Gasteiger partial charge is 0.412 e. The van der Waals surface area contributed by atoms with E-state index in [1.807, 2.05) is 26.8 Å². The topological polar surface area (TPSA) is 168 Å². The van der Waals surface area contributed by atoms with Gasteiger partial charge < -0.3 is 34.7 Å². The van der Waals surface area contributed by atoms with Gasteiger partial charge in [-0.1, -0.05) is 37.8 Å². The molecule has 0 aliphatic carbocycles. The van der Waals surface area contributed by atoms with E-state index < -0.39 is 12.1 Å². The Morgan fingerprint density at radius 3 is 2.37 bits per heavy atom. The van der Waals surface area contributed by atoms with Gasteiger partial charge in [-0.15, -0.1) is 0 Å². The van der Waals surface area contributed by atoms with Gasteiger partial charge in [0.2, 0.25) is 0 Å². The van der Waals surface area contributed by atoms with Crippen molar-refractivity contribution in [1.82, 2.24) is 5.32 Å². The number of carbonyl (C=O) groups is 3. The average molecular weight is 677 g/mol. The first-order valence-corrected chi connectivity index (χ1v) is 16.5. The Morgan fingerprint density at radius 2 is 1.69 bits per heavy atom. The van der Waals surface area contributed by atoms with E-state index in [1.165, 1.54) is 0 Å². The number of benzene rings is 3. The van der Waals surface area contributed by atoms with Crippen LogP contribution < -0.4 is 25.4 Å². The number of amides is 2. The van der Waals surface area contributed by atoms with Crippen molar-refractivity contribution in [3.63, 3.8) is 0 Å². The van der Waals surface area contributed by atoms with Gasteiger partial charge >= 0.3 is 12.1 Å². The molecule has 0 spiro atoms. The molecule has 0 aliphatic rings.